The summed E-state index contributed by atoms with van der Waals surface area (Å²) in [6.45, 7) is 5.42. The highest BCUT2D eigenvalue weighted by Crippen LogP contribution is 2.16. The molecule has 1 aromatic carbocycles. The number of rotatable bonds is 4. The third-order valence-electron chi connectivity index (χ3n) is 4.60. The SMILES string of the molecule is Cc1ccc2c(cnn2C(=O)CCCC(=O)N2CCN(C)CC2)c1. The lowest BCUT2D eigenvalue weighted by Gasteiger charge is -2.32. The van der Waals surface area contributed by atoms with Crippen LogP contribution in [0.1, 0.15) is 29.6 Å². The Morgan fingerprint density at radius 1 is 1.08 bits per heavy atom. The van der Waals surface area contributed by atoms with Gasteiger partial charge in [0.25, 0.3) is 0 Å². The van der Waals surface area contributed by atoms with Crippen LogP contribution in [0.15, 0.2) is 24.4 Å². The smallest absolute Gasteiger partial charge is 0.247 e. The van der Waals surface area contributed by atoms with E-state index in [1.807, 2.05) is 30.0 Å². The predicted octanol–water partition coefficient (Wildman–Crippen LogP) is 1.93. The molecule has 2 aromatic rings. The Hall–Kier alpha value is -2.21. The van der Waals surface area contributed by atoms with Crippen molar-refractivity contribution in [3.63, 3.8) is 0 Å². The maximum Gasteiger partial charge on any atom is 0.247 e. The van der Waals surface area contributed by atoms with E-state index in [-0.39, 0.29) is 11.8 Å². The van der Waals surface area contributed by atoms with Gasteiger partial charge in [-0.15, -0.1) is 0 Å². The molecule has 1 aliphatic rings. The molecule has 0 bridgehead atoms. The van der Waals surface area contributed by atoms with Crippen LogP contribution in [0.4, 0.5) is 0 Å². The molecule has 0 N–H and O–H groups in total. The molecule has 0 spiro atoms. The highest BCUT2D eigenvalue weighted by molar-refractivity contribution is 5.91. The van der Waals surface area contributed by atoms with Crippen molar-refractivity contribution in [2.75, 3.05) is 33.2 Å². The second-order valence-corrected chi connectivity index (χ2v) is 6.55. The number of fused-ring (bicyclic) bond motifs is 1. The lowest BCUT2D eigenvalue weighted by atomic mass is 10.1. The van der Waals surface area contributed by atoms with Gasteiger partial charge in [0, 0.05) is 44.4 Å². The van der Waals surface area contributed by atoms with Crippen LogP contribution in [0.25, 0.3) is 10.9 Å². The standard InChI is InChI=1S/C18H24N4O2/c1-14-6-7-16-15(12-14)13-19-22(16)18(24)5-3-4-17(23)21-10-8-20(2)9-11-21/h6-7,12-13H,3-5,8-11H2,1-2H3. The van der Waals surface area contributed by atoms with Crippen molar-refractivity contribution in [3.05, 3.63) is 30.0 Å². The minimum atomic E-state index is -0.0555. The summed E-state index contributed by atoms with van der Waals surface area (Å²) >= 11 is 0. The second kappa shape index (κ2) is 7.13. The van der Waals surface area contributed by atoms with E-state index < -0.39 is 0 Å². The van der Waals surface area contributed by atoms with Gasteiger partial charge in [-0.05, 0) is 32.5 Å². The Balaban J connectivity index is 1.52. The van der Waals surface area contributed by atoms with E-state index >= 15 is 0 Å². The fourth-order valence-corrected chi connectivity index (χ4v) is 3.06. The lowest BCUT2D eigenvalue weighted by molar-refractivity contribution is -0.132. The number of carbonyl (C=O) groups is 2. The van der Waals surface area contributed by atoms with Crippen molar-refractivity contribution >= 4 is 22.7 Å². The highest BCUT2D eigenvalue weighted by atomic mass is 16.2. The summed E-state index contributed by atoms with van der Waals surface area (Å²) in [6.07, 6.45) is 3.05. The molecule has 1 saturated heterocycles. The third kappa shape index (κ3) is 3.64. The van der Waals surface area contributed by atoms with Crippen LogP contribution >= 0.6 is 0 Å². The molecule has 0 radical (unpaired) electrons. The molecule has 24 heavy (non-hydrogen) atoms. The molecule has 0 saturated carbocycles. The highest BCUT2D eigenvalue weighted by Gasteiger charge is 2.19. The number of carbonyl (C=O) groups excluding carboxylic acids is 2. The molecule has 6 nitrogen and oxygen atoms in total. The number of hydrogen-bond donors (Lipinski definition) is 0. The summed E-state index contributed by atoms with van der Waals surface area (Å²) in [5.74, 6) is 0.0943. The fourth-order valence-electron chi connectivity index (χ4n) is 3.06. The van der Waals surface area contributed by atoms with Crippen molar-refractivity contribution in [2.45, 2.75) is 26.2 Å². The number of likely N-dealkylation sites (N-methyl/N-ethyl adjacent to an activating group) is 1. The summed E-state index contributed by atoms with van der Waals surface area (Å²) in [7, 11) is 2.07. The van der Waals surface area contributed by atoms with E-state index in [0.29, 0.717) is 19.3 Å². The number of piperazine rings is 1. The van der Waals surface area contributed by atoms with Crippen LogP contribution in [-0.2, 0) is 4.79 Å². The van der Waals surface area contributed by atoms with Crippen molar-refractivity contribution in [3.8, 4) is 0 Å². The van der Waals surface area contributed by atoms with Crippen LogP contribution in [-0.4, -0.2) is 64.6 Å². The summed E-state index contributed by atoms with van der Waals surface area (Å²) in [6, 6.07) is 5.92. The predicted molar refractivity (Wildman–Crippen MR) is 93.0 cm³/mol. The molecule has 0 aliphatic carbocycles. The van der Waals surface area contributed by atoms with Gasteiger partial charge in [-0.3, -0.25) is 9.59 Å². The monoisotopic (exact) mass is 328 g/mol. The molecule has 1 amide bonds. The van der Waals surface area contributed by atoms with Crippen LogP contribution < -0.4 is 0 Å². The van der Waals surface area contributed by atoms with Gasteiger partial charge in [-0.2, -0.15) is 5.10 Å². The number of benzene rings is 1. The Kier molecular flexibility index (Phi) is 4.94. The van der Waals surface area contributed by atoms with E-state index in [2.05, 4.69) is 17.0 Å². The molecule has 1 aromatic heterocycles. The minimum Gasteiger partial charge on any atom is -0.340 e. The Morgan fingerprint density at radius 3 is 2.54 bits per heavy atom. The van der Waals surface area contributed by atoms with Gasteiger partial charge in [0.1, 0.15) is 0 Å². The van der Waals surface area contributed by atoms with Crippen LogP contribution in [0, 0.1) is 6.92 Å². The van der Waals surface area contributed by atoms with Crippen molar-refractivity contribution < 1.29 is 9.59 Å². The summed E-state index contributed by atoms with van der Waals surface area (Å²) in [5, 5.41) is 5.17. The van der Waals surface area contributed by atoms with Gasteiger partial charge < -0.3 is 9.80 Å². The van der Waals surface area contributed by atoms with Crippen LogP contribution in [0.5, 0.6) is 0 Å². The van der Waals surface area contributed by atoms with E-state index in [1.165, 1.54) is 4.68 Å². The molecular formula is C18H24N4O2. The van der Waals surface area contributed by atoms with E-state index in [0.717, 1.165) is 42.6 Å². The molecule has 6 heteroatoms. The quantitative estimate of drug-likeness (QED) is 0.860. The Bertz CT molecular complexity index is 745. The Morgan fingerprint density at radius 2 is 1.79 bits per heavy atom. The maximum atomic E-state index is 12.4. The van der Waals surface area contributed by atoms with Gasteiger partial charge in [0.2, 0.25) is 11.8 Å². The van der Waals surface area contributed by atoms with E-state index in [4.69, 9.17) is 0 Å². The number of amides is 1. The summed E-state index contributed by atoms with van der Waals surface area (Å²) < 4.78 is 1.45. The fraction of sp³-hybridized carbons (Fsp3) is 0.500. The van der Waals surface area contributed by atoms with Gasteiger partial charge in [0.15, 0.2) is 0 Å². The first kappa shape index (κ1) is 16.6. The van der Waals surface area contributed by atoms with Gasteiger partial charge >= 0.3 is 0 Å². The first-order valence-electron chi connectivity index (χ1n) is 8.48. The topological polar surface area (TPSA) is 58.4 Å². The lowest BCUT2D eigenvalue weighted by Crippen LogP contribution is -2.47. The molecule has 3 rings (SSSR count). The molecule has 2 heterocycles. The number of aromatic nitrogens is 2. The Labute approximate surface area is 142 Å². The zero-order chi connectivity index (χ0) is 17.1. The summed E-state index contributed by atoms with van der Waals surface area (Å²) in [4.78, 5) is 28.7. The first-order valence-corrected chi connectivity index (χ1v) is 8.48. The van der Waals surface area contributed by atoms with Crippen LogP contribution in [0.3, 0.4) is 0 Å². The van der Waals surface area contributed by atoms with Gasteiger partial charge in [0.05, 0.1) is 11.7 Å². The minimum absolute atomic E-state index is 0.0555. The first-order chi connectivity index (χ1) is 11.5. The third-order valence-corrected chi connectivity index (χ3v) is 4.60. The molecule has 0 unspecified atom stereocenters. The average Bonchev–Trinajstić information content (AvgIpc) is 2.98. The van der Waals surface area contributed by atoms with E-state index in [9.17, 15) is 9.59 Å². The van der Waals surface area contributed by atoms with Crippen molar-refractivity contribution in [1.29, 1.82) is 0 Å². The van der Waals surface area contributed by atoms with Gasteiger partial charge in [-0.1, -0.05) is 11.6 Å². The van der Waals surface area contributed by atoms with Gasteiger partial charge in [-0.25, -0.2) is 4.68 Å². The summed E-state index contributed by atoms with van der Waals surface area (Å²) in [5.41, 5.74) is 1.98. The largest absolute Gasteiger partial charge is 0.340 e. The van der Waals surface area contributed by atoms with Crippen molar-refractivity contribution in [2.24, 2.45) is 0 Å². The molecule has 128 valence electrons. The molecule has 1 fully saturated rings. The molecular weight excluding hydrogens is 304 g/mol. The zero-order valence-electron chi connectivity index (χ0n) is 14.4. The number of aryl methyl sites for hydroxylation is 1. The van der Waals surface area contributed by atoms with Crippen molar-refractivity contribution in [1.82, 2.24) is 19.6 Å². The maximum absolute atomic E-state index is 12.4. The zero-order valence-corrected chi connectivity index (χ0v) is 14.4. The van der Waals surface area contributed by atoms with Crippen LogP contribution in [0.2, 0.25) is 0 Å². The number of hydrogen-bond acceptors (Lipinski definition) is 4. The number of nitrogens with zero attached hydrogens (tertiary/aromatic N) is 4. The normalized spacial score (nSPS) is 15.8. The molecule has 0 atom stereocenters. The molecule has 1 aliphatic heterocycles. The second-order valence-electron chi connectivity index (χ2n) is 6.55. The average molecular weight is 328 g/mol. The van der Waals surface area contributed by atoms with E-state index in [1.54, 1.807) is 6.20 Å².